The van der Waals surface area contributed by atoms with Crippen molar-refractivity contribution in [1.82, 2.24) is 19.7 Å². The highest BCUT2D eigenvalue weighted by molar-refractivity contribution is 8.00. The summed E-state index contributed by atoms with van der Waals surface area (Å²) in [6.07, 6.45) is 10.3. The zero-order valence-corrected chi connectivity index (χ0v) is 15.9. The van der Waals surface area contributed by atoms with E-state index in [2.05, 4.69) is 15.4 Å². The molecular weight excluding hydrogens is 356 g/mol. The molecule has 3 N–H and O–H groups in total. The van der Waals surface area contributed by atoms with Crippen molar-refractivity contribution in [1.29, 1.82) is 0 Å². The van der Waals surface area contributed by atoms with Crippen molar-refractivity contribution in [2.45, 2.75) is 60.9 Å². The highest BCUT2D eigenvalue weighted by atomic mass is 35.5. The first-order valence-corrected chi connectivity index (χ1v) is 10.1. The number of aryl methyl sites for hydroxylation is 1. The van der Waals surface area contributed by atoms with Gasteiger partial charge in [-0.25, -0.2) is 9.97 Å². The first kappa shape index (κ1) is 17.1. The average Bonchev–Trinajstić information content (AvgIpc) is 3.35. The second-order valence-corrected chi connectivity index (χ2v) is 8.65. The lowest BCUT2D eigenvalue weighted by molar-refractivity contribution is 0.410. The standard InChI is InChI=1S/C17H23ClN6S/c1-24-16(25-12-6-7-12)13(8-21-24)15-14(18)9-20-17(23-15)22-11-4-2-10(19)3-5-11/h8-12H,2-7,19H2,1H3,(H,20,22,23)/t10-,11-. The summed E-state index contributed by atoms with van der Waals surface area (Å²) in [6.45, 7) is 0. The highest BCUT2D eigenvalue weighted by Crippen LogP contribution is 2.43. The number of rotatable bonds is 5. The number of anilines is 1. The third kappa shape index (κ3) is 3.93. The van der Waals surface area contributed by atoms with Gasteiger partial charge in [0.15, 0.2) is 0 Å². The fourth-order valence-electron chi connectivity index (χ4n) is 3.14. The first-order chi connectivity index (χ1) is 12.1. The minimum absolute atomic E-state index is 0.331. The average molecular weight is 379 g/mol. The van der Waals surface area contributed by atoms with Gasteiger partial charge in [-0.3, -0.25) is 4.68 Å². The van der Waals surface area contributed by atoms with Gasteiger partial charge in [-0.05, 0) is 38.5 Å². The molecule has 2 aromatic rings. The Morgan fingerprint density at radius 3 is 2.68 bits per heavy atom. The van der Waals surface area contributed by atoms with E-state index in [4.69, 9.17) is 22.3 Å². The summed E-state index contributed by atoms with van der Waals surface area (Å²) in [4.78, 5) is 9.07. The fraction of sp³-hybridized carbons (Fsp3) is 0.588. The highest BCUT2D eigenvalue weighted by Gasteiger charge is 2.27. The van der Waals surface area contributed by atoms with Gasteiger partial charge in [-0.15, -0.1) is 11.8 Å². The van der Waals surface area contributed by atoms with E-state index in [-0.39, 0.29) is 0 Å². The van der Waals surface area contributed by atoms with Crippen LogP contribution in [-0.2, 0) is 7.05 Å². The van der Waals surface area contributed by atoms with Crippen LogP contribution in [0.5, 0.6) is 0 Å². The molecule has 6 nitrogen and oxygen atoms in total. The van der Waals surface area contributed by atoms with E-state index < -0.39 is 0 Å². The molecule has 0 aliphatic heterocycles. The van der Waals surface area contributed by atoms with Crippen molar-refractivity contribution in [3.05, 3.63) is 17.4 Å². The van der Waals surface area contributed by atoms with Crippen LogP contribution >= 0.6 is 23.4 Å². The summed E-state index contributed by atoms with van der Waals surface area (Å²) < 4.78 is 1.91. The molecule has 0 saturated heterocycles. The second-order valence-electron chi connectivity index (χ2n) is 6.95. The van der Waals surface area contributed by atoms with Crippen LogP contribution in [0.1, 0.15) is 38.5 Å². The number of nitrogens with zero attached hydrogens (tertiary/aromatic N) is 4. The number of hydrogen-bond donors (Lipinski definition) is 2. The SMILES string of the molecule is Cn1ncc(-c2nc(N[C@H]3CC[C@H](N)CC3)ncc2Cl)c1SC1CC1. The molecule has 0 spiro atoms. The molecule has 0 radical (unpaired) electrons. The molecular formula is C17H23ClN6S. The Hall–Kier alpha value is -1.31. The Bertz CT molecular complexity index is 752. The number of thioether (sulfide) groups is 1. The molecule has 0 amide bonds. The van der Waals surface area contributed by atoms with E-state index in [1.165, 1.54) is 12.8 Å². The number of nitrogens with two attached hydrogens (primary N) is 1. The van der Waals surface area contributed by atoms with Crippen molar-refractivity contribution >= 4 is 29.3 Å². The summed E-state index contributed by atoms with van der Waals surface area (Å²) in [5, 5.41) is 10.2. The molecule has 2 fully saturated rings. The minimum Gasteiger partial charge on any atom is -0.351 e. The van der Waals surface area contributed by atoms with Crippen LogP contribution in [0.25, 0.3) is 11.3 Å². The van der Waals surface area contributed by atoms with E-state index in [9.17, 15) is 0 Å². The first-order valence-electron chi connectivity index (χ1n) is 8.84. The predicted molar refractivity (Wildman–Crippen MR) is 102 cm³/mol. The van der Waals surface area contributed by atoms with Gasteiger partial charge < -0.3 is 11.1 Å². The third-order valence-corrected chi connectivity index (χ3v) is 6.58. The van der Waals surface area contributed by atoms with Gasteiger partial charge in [0, 0.05) is 24.4 Å². The van der Waals surface area contributed by atoms with Gasteiger partial charge in [0.1, 0.15) is 5.03 Å². The van der Waals surface area contributed by atoms with Crippen molar-refractivity contribution in [3.8, 4) is 11.3 Å². The van der Waals surface area contributed by atoms with Crippen LogP contribution in [0.4, 0.5) is 5.95 Å². The van der Waals surface area contributed by atoms with Gasteiger partial charge in [-0.1, -0.05) is 11.6 Å². The van der Waals surface area contributed by atoms with Gasteiger partial charge >= 0.3 is 0 Å². The summed E-state index contributed by atoms with van der Waals surface area (Å²) >= 11 is 8.27. The molecule has 0 atom stereocenters. The van der Waals surface area contributed by atoms with Crippen molar-refractivity contribution in [3.63, 3.8) is 0 Å². The van der Waals surface area contributed by atoms with Crippen molar-refractivity contribution in [2.75, 3.05) is 5.32 Å². The second kappa shape index (κ2) is 7.13. The van der Waals surface area contributed by atoms with E-state index >= 15 is 0 Å². The van der Waals surface area contributed by atoms with Crippen LogP contribution in [0, 0.1) is 0 Å². The van der Waals surface area contributed by atoms with Crippen LogP contribution in [0.15, 0.2) is 17.4 Å². The molecule has 0 bridgehead atoms. The Kier molecular flexibility index (Phi) is 4.88. The Morgan fingerprint density at radius 1 is 1.20 bits per heavy atom. The van der Waals surface area contributed by atoms with E-state index in [0.29, 0.717) is 28.3 Å². The Labute approximate surface area is 156 Å². The lowest BCUT2D eigenvalue weighted by atomic mass is 9.92. The predicted octanol–water partition coefficient (Wildman–Crippen LogP) is 3.47. The van der Waals surface area contributed by atoms with Crippen LogP contribution < -0.4 is 11.1 Å². The lowest BCUT2D eigenvalue weighted by Crippen LogP contribution is -2.33. The molecule has 25 heavy (non-hydrogen) atoms. The van der Waals surface area contributed by atoms with Crippen molar-refractivity contribution < 1.29 is 0 Å². The molecule has 0 unspecified atom stereocenters. The van der Waals surface area contributed by atoms with E-state index in [1.54, 1.807) is 6.20 Å². The summed E-state index contributed by atoms with van der Waals surface area (Å²) in [5.74, 6) is 0.631. The normalized spacial score (nSPS) is 23.6. The topological polar surface area (TPSA) is 81.7 Å². The maximum atomic E-state index is 6.41. The molecule has 2 heterocycles. The van der Waals surface area contributed by atoms with Gasteiger partial charge in [-0.2, -0.15) is 5.10 Å². The monoisotopic (exact) mass is 378 g/mol. The fourth-order valence-corrected chi connectivity index (χ4v) is 4.50. The number of aromatic nitrogens is 4. The van der Waals surface area contributed by atoms with E-state index in [1.807, 2.05) is 29.7 Å². The van der Waals surface area contributed by atoms with Gasteiger partial charge in [0.05, 0.1) is 28.7 Å². The number of halogens is 1. The lowest BCUT2D eigenvalue weighted by Gasteiger charge is -2.26. The molecule has 0 aromatic carbocycles. The molecule has 134 valence electrons. The summed E-state index contributed by atoms with van der Waals surface area (Å²) in [5.41, 5.74) is 7.73. The maximum absolute atomic E-state index is 6.41. The molecule has 2 saturated carbocycles. The quantitative estimate of drug-likeness (QED) is 0.829. The van der Waals surface area contributed by atoms with Crippen LogP contribution in [0.2, 0.25) is 5.02 Å². The molecule has 2 aromatic heterocycles. The van der Waals surface area contributed by atoms with Crippen LogP contribution in [-0.4, -0.2) is 37.1 Å². The minimum atomic E-state index is 0.331. The van der Waals surface area contributed by atoms with Gasteiger partial charge in [0.2, 0.25) is 5.95 Å². The number of hydrogen-bond acceptors (Lipinski definition) is 6. The molecule has 2 aliphatic carbocycles. The summed E-state index contributed by atoms with van der Waals surface area (Å²) in [6, 6.07) is 0.709. The van der Waals surface area contributed by atoms with E-state index in [0.717, 1.165) is 42.0 Å². The van der Waals surface area contributed by atoms with Crippen molar-refractivity contribution in [2.24, 2.45) is 12.8 Å². The van der Waals surface area contributed by atoms with Crippen LogP contribution in [0.3, 0.4) is 0 Å². The maximum Gasteiger partial charge on any atom is 0.223 e. The third-order valence-electron chi connectivity index (χ3n) is 4.79. The smallest absolute Gasteiger partial charge is 0.223 e. The zero-order valence-electron chi connectivity index (χ0n) is 14.3. The largest absolute Gasteiger partial charge is 0.351 e. The molecule has 2 aliphatic rings. The Balaban J connectivity index is 1.57. The summed E-state index contributed by atoms with van der Waals surface area (Å²) in [7, 11) is 1.97. The van der Waals surface area contributed by atoms with Gasteiger partial charge in [0.25, 0.3) is 0 Å². The molecule has 8 heteroatoms. The molecule has 4 rings (SSSR count). The Morgan fingerprint density at radius 2 is 1.96 bits per heavy atom. The number of nitrogens with one attached hydrogen (secondary N) is 1. The zero-order chi connectivity index (χ0) is 17.4.